The van der Waals surface area contributed by atoms with E-state index in [4.69, 9.17) is 5.26 Å². The summed E-state index contributed by atoms with van der Waals surface area (Å²) in [7, 11) is 0. The van der Waals surface area contributed by atoms with Crippen molar-refractivity contribution in [1.29, 1.82) is 5.26 Å². The zero-order chi connectivity index (χ0) is 18.7. The van der Waals surface area contributed by atoms with E-state index in [1.165, 1.54) is 6.07 Å². The van der Waals surface area contributed by atoms with E-state index in [2.05, 4.69) is 21.2 Å². The number of aromatic carboxylic acids is 1. The number of nitrogens with one attached hydrogen (secondary N) is 1. The van der Waals surface area contributed by atoms with Gasteiger partial charge in [-0.1, -0.05) is 34.1 Å². The molecule has 0 aliphatic carbocycles. The number of benzene rings is 2. The van der Waals surface area contributed by atoms with Gasteiger partial charge in [0.05, 0.1) is 11.6 Å². The number of nitriles is 1. The third-order valence-electron chi connectivity index (χ3n) is 3.64. The van der Waals surface area contributed by atoms with Gasteiger partial charge in [0.1, 0.15) is 10.6 Å². The zero-order valence-electron chi connectivity index (χ0n) is 13.2. The van der Waals surface area contributed by atoms with E-state index in [0.29, 0.717) is 16.7 Å². The van der Waals surface area contributed by atoms with Crippen LogP contribution in [0, 0.1) is 11.3 Å². The van der Waals surface area contributed by atoms with Crippen LogP contribution < -0.4 is 5.32 Å². The van der Waals surface area contributed by atoms with Crippen molar-refractivity contribution in [3.05, 3.63) is 75.1 Å². The van der Waals surface area contributed by atoms with E-state index >= 15 is 0 Å². The summed E-state index contributed by atoms with van der Waals surface area (Å²) in [5.74, 6) is -1.58. The van der Waals surface area contributed by atoms with Gasteiger partial charge < -0.3 is 10.4 Å². The fourth-order valence-corrected chi connectivity index (χ4v) is 3.63. The van der Waals surface area contributed by atoms with Crippen molar-refractivity contribution in [3.8, 4) is 17.2 Å². The Kier molecular flexibility index (Phi) is 5.16. The molecule has 0 fully saturated rings. The average Bonchev–Trinajstić information content (AvgIpc) is 3.06. The number of hydrogen-bond donors (Lipinski definition) is 2. The molecule has 0 radical (unpaired) electrons. The minimum atomic E-state index is -1.12. The number of rotatable bonds is 4. The van der Waals surface area contributed by atoms with Gasteiger partial charge in [0.15, 0.2) is 0 Å². The molecule has 0 saturated heterocycles. The molecule has 0 spiro atoms. The quantitative estimate of drug-likeness (QED) is 0.613. The van der Waals surface area contributed by atoms with E-state index < -0.39 is 11.9 Å². The molecule has 0 atom stereocenters. The van der Waals surface area contributed by atoms with Crippen LogP contribution in [0.4, 0.5) is 5.00 Å². The summed E-state index contributed by atoms with van der Waals surface area (Å²) in [5, 5.41) is 23.2. The highest BCUT2D eigenvalue weighted by molar-refractivity contribution is 9.10. The Bertz CT molecular complexity index is 1040. The summed E-state index contributed by atoms with van der Waals surface area (Å²) in [6, 6.07) is 15.5. The Morgan fingerprint density at radius 2 is 1.88 bits per heavy atom. The fraction of sp³-hybridized carbons (Fsp3) is 0. The minimum Gasteiger partial charge on any atom is -0.478 e. The number of carboxylic acid groups (broad SMARTS) is 1. The van der Waals surface area contributed by atoms with Crippen molar-refractivity contribution >= 4 is 44.1 Å². The maximum absolute atomic E-state index is 12.4. The second-order valence-electron chi connectivity index (χ2n) is 5.31. The Balaban J connectivity index is 1.95. The van der Waals surface area contributed by atoms with Crippen LogP contribution in [0.25, 0.3) is 11.1 Å². The topological polar surface area (TPSA) is 90.2 Å². The largest absolute Gasteiger partial charge is 0.478 e. The second kappa shape index (κ2) is 7.52. The number of nitrogens with zero attached hydrogens (tertiary/aromatic N) is 1. The summed E-state index contributed by atoms with van der Waals surface area (Å²) in [4.78, 5) is 24.2. The fourth-order valence-electron chi connectivity index (χ4n) is 2.41. The molecule has 0 aliphatic rings. The molecule has 0 unspecified atom stereocenters. The summed E-state index contributed by atoms with van der Waals surface area (Å²) in [6.07, 6.45) is 0. The van der Waals surface area contributed by atoms with Gasteiger partial charge in [0.25, 0.3) is 5.91 Å². The van der Waals surface area contributed by atoms with Crippen LogP contribution in [0.5, 0.6) is 0 Å². The Morgan fingerprint density at radius 1 is 1.15 bits per heavy atom. The summed E-state index contributed by atoms with van der Waals surface area (Å²) >= 11 is 4.49. The number of amides is 1. The van der Waals surface area contributed by atoms with E-state index in [9.17, 15) is 14.7 Å². The van der Waals surface area contributed by atoms with Gasteiger partial charge in [-0.15, -0.1) is 11.3 Å². The van der Waals surface area contributed by atoms with Crippen LogP contribution in [0.3, 0.4) is 0 Å². The van der Waals surface area contributed by atoms with E-state index in [1.54, 1.807) is 35.7 Å². The monoisotopic (exact) mass is 426 g/mol. The van der Waals surface area contributed by atoms with Crippen molar-refractivity contribution in [2.24, 2.45) is 0 Å². The standard InChI is InChI=1S/C19H11BrN2O3S/c20-14-6-4-12(5-7-14)15-10-26-18(16(15)19(24)25)22-17(23)13-3-1-2-11(8-13)9-21/h1-8,10H,(H,22,23)(H,24,25). The smallest absolute Gasteiger partial charge is 0.339 e. The summed E-state index contributed by atoms with van der Waals surface area (Å²) in [5.41, 5.74) is 1.98. The molecule has 3 rings (SSSR count). The Hall–Kier alpha value is -2.95. The number of carbonyl (C=O) groups is 2. The molecule has 0 saturated carbocycles. The molecule has 26 heavy (non-hydrogen) atoms. The van der Waals surface area contributed by atoms with Gasteiger partial charge in [-0.3, -0.25) is 4.79 Å². The predicted octanol–water partition coefficient (Wildman–Crippen LogP) is 5.00. The first kappa shape index (κ1) is 17.9. The lowest BCUT2D eigenvalue weighted by molar-refractivity contribution is 0.0699. The van der Waals surface area contributed by atoms with Crippen molar-refractivity contribution in [2.75, 3.05) is 5.32 Å². The first-order valence-corrected chi connectivity index (χ1v) is 9.09. The van der Waals surface area contributed by atoms with Crippen molar-refractivity contribution in [1.82, 2.24) is 0 Å². The van der Waals surface area contributed by atoms with E-state index in [0.717, 1.165) is 21.4 Å². The molecule has 1 amide bonds. The third-order valence-corrected chi connectivity index (χ3v) is 5.07. The van der Waals surface area contributed by atoms with Gasteiger partial charge in [0.2, 0.25) is 0 Å². The molecule has 7 heteroatoms. The molecule has 2 aromatic carbocycles. The zero-order valence-corrected chi connectivity index (χ0v) is 15.6. The molecular formula is C19H11BrN2O3S. The van der Waals surface area contributed by atoms with Crippen LogP contribution in [0.15, 0.2) is 58.4 Å². The number of anilines is 1. The SMILES string of the molecule is N#Cc1cccc(C(=O)Nc2scc(-c3ccc(Br)cc3)c2C(=O)O)c1. The molecule has 3 aromatic rings. The lowest BCUT2D eigenvalue weighted by Crippen LogP contribution is -2.13. The van der Waals surface area contributed by atoms with Crippen LogP contribution in [-0.4, -0.2) is 17.0 Å². The first-order chi connectivity index (χ1) is 12.5. The molecule has 1 heterocycles. The van der Waals surface area contributed by atoms with Gasteiger partial charge in [-0.05, 0) is 35.9 Å². The minimum absolute atomic E-state index is 0.0436. The van der Waals surface area contributed by atoms with Crippen LogP contribution in [0.2, 0.25) is 0 Å². The highest BCUT2D eigenvalue weighted by Crippen LogP contribution is 2.36. The number of halogens is 1. The Morgan fingerprint density at radius 3 is 2.54 bits per heavy atom. The lowest BCUT2D eigenvalue weighted by Gasteiger charge is -2.06. The number of hydrogen-bond acceptors (Lipinski definition) is 4. The maximum Gasteiger partial charge on any atom is 0.339 e. The predicted molar refractivity (Wildman–Crippen MR) is 104 cm³/mol. The van der Waals surface area contributed by atoms with E-state index in [-0.39, 0.29) is 10.6 Å². The highest BCUT2D eigenvalue weighted by atomic mass is 79.9. The first-order valence-electron chi connectivity index (χ1n) is 7.42. The van der Waals surface area contributed by atoms with E-state index in [1.807, 2.05) is 18.2 Å². The second-order valence-corrected chi connectivity index (χ2v) is 7.11. The van der Waals surface area contributed by atoms with Crippen molar-refractivity contribution in [2.45, 2.75) is 0 Å². The van der Waals surface area contributed by atoms with Crippen LogP contribution >= 0.6 is 27.3 Å². The normalized spacial score (nSPS) is 10.2. The Labute approximate surface area is 161 Å². The summed E-state index contributed by atoms with van der Waals surface area (Å²) < 4.78 is 0.888. The van der Waals surface area contributed by atoms with Gasteiger partial charge in [0, 0.05) is 21.0 Å². The van der Waals surface area contributed by atoms with Gasteiger partial charge in [-0.2, -0.15) is 5.26 Å². The molecule has 0 bridgehead atoms. The van der Waals surface area contributed by atoms with Crippen molar-refractivity contribution in [3.63, 3.8) is 0 Å². The summed E-state index contributed by atoms with van der Waals surface area (Å²) in [6.45, 7) is 0. The van der Waals surface area contributed by atoms with Gasteiger partial charge >= 0.3 is 5.97 Å². The van der Waals surface area contributed by atoms with Crippen LogP contribution in [0.1, 0.15) is 26.3 Å². The molecule has 0 aliphatic heterocycles. The molecule has 5 nitrogen and oxygen atoms in total. The highest BCUT2D eigenvalue weighted by Gasteiger charge is 2.21. The van der Waals surface area contributed by atoms with Gasteiger partial charge in [-0.25, -0.2) is 4.79 Å². The number of carbonyl (C=O) groups excluding carboxylic acids is 1. The molecule has 2 N–H and O–H groups in total. The number of thiophene rings is 1. The lowest BCUT2D eigenvalue weighted by atomic mass is 10.0. The molecule has 1 aromatic heterocycles. The molecule has 128 valence electrons. The third kappa shape index (κ3) is 3.67. The van der Waals surface area contributed by atoms with Crippen molar-refractivity contribution < 1.29 is 14.7 Å². The number of carboxylic acids is 1. The molecular weight excluding hydrogens is 416 g/mol. The van der Waals surface area contributed by atoms with Crippen LogP contribution in [-0.2, 0) is 0 Å². The maximum atomic E-state index is 12.4. The average molecular weight is 427 g/mol.